The van der Waals surface area contributed by atoms with E-state index >= 15 is 0 Å². The van der Waals surface area contributed by atoms with Gasteiger partial charge >= 0.3 is 6.18 Å². The highest BCUT2D eigenvalue weighted by molar-refractivity contribution is 5.43. The lowest BCUT2D eigenvalue weighted by Gasteiger charge is -2.26. The molecule has 0 saturated heterocycles. The normalized spacial score (nSPS) is 17.0. The minimum absolute atomic E-state index is 0.0382. The molecule has 4 heteroatoms. The first kappa shape index (κ1) is 13.2. The van der Waals surface area contributed by atoms with Crippen molar-refractivity contribution in [1.29, 1.82) is 0 Å². The van der Waals surface area contributed by atoms with Gasteiger partial charge in [0.15, 0.2) is 0 Å². The third kappa shape index (κ3) is 2.10. The number of halogens is 3. The minimum atomic E-state index is -4.46. The summed E-state index contributed by atoms with van der Waals surface area (Å²) in [4.78, 5) is 0. The summed E-state index contributed by atoms with van der Waals surface area (Å²) in [6.45, 7) is 0. The van der Waals surface area contributed by atoms with Crippen molar-refractivity contribution < 1.29 is 18.3 Å². The molecule has 0 atom stereocenters. The molecule has 2 aromatic rings. The van der Waals surface area contributed by atoms with Crippen molar-refractivity contribution >= 4 is 0 Å². The number of hydrogen-bond donors (Lipinski definition) is 1. The van der Waals surface area contributed by atoms with Crippen LogP contribution in [0, 0.1) is 0 Å². The molecule has 0 aliphatic heterocycles. The zero-order valence-corrected chi connectivity index (χ0v) is 10.6. The third-order valence-electron chi connectivity index (χ3n) is 3.82. The van der Waals surface area contributed by atoms with Gasteiger partial charge in [-0.2, -0.15) is 13.2 Å². The van der Waals surface area contributed by atoms with Crippen molar-refractivity contribution in [3.05, 3.63) is 70.8 Å². The van der Waals surface area contributed by atoms with Crippen LogP contribution in [0.1, 0.15) is 22.3 Å². The van der Waals surface area contributed by atoms with E-state index in [0.29, 0.717) is 0 Å². The monoisotopic (exact) mass is 278 g/mol. The third-order valence-corrected chi connectivity index (χ3v) is 3.82. The van der Waals surface area contributed by atoms with E-state index in [2.05, 4.69) is 0 Å². The fourth-order valence-electron chi connectivity index (χ4n) is 2.92. The molecule has 1 aliphatic carbocycles. The smallest absolute Gasteiger partial charge is 0.384 e. The van der Waals surface area contributed by atoms with Crippen molar-refractivity contribution in [3.8, 4) is 0 Å². The summed E-state index contributed by atoms with van der Waals surface area (Å²) in [5, 5.41) is 10.7. The fraction of sp³-hybridized carbons (Fsp3) is 0.250. The van der Waals surface area contributed by atoms with Gasteiger partial charge in [0.1, 0.15) is 0 Å². The van der Waals surface area contributed by atoms with E-state index in [1.165, 1.54) is 18.2 Å². The quantitative estimate of drug-likeness (QED) is 0.843. The van der Waals surface area contributed by atoms with E-state index in [1.54, 1.807) is 0 Å². The highest BCUT2D eigenvalue weighted by atomic mass is 19.4. The van der Waals surface area contributed by atoms with Gasteiger partial charge in [0, 0.05) is 12.8 Å². The van der Waals surface area contributed by atoms with Gasteiger partial charge in [0.25, 0.3) is 0 Å². The lowest BCUT2D eigenvalue weighted by atomic mass is 9.87. The van der Waals surface area contributed by atoms with Crippen LogP contribution in [0.15, 0.2) is 48.5 Å². The van der Waals surface area contributed by atoms with Gasteiger partial charge in [-0.05, 0) is 22.8 Å². The Morgan fingerprint density at radius 2 is 1.35 bits per heavy atom. The van der Waals surface area contributed by atoms with Crippen molar-refractivity contribution in [2.45, 2.75) is 24.6 Å². The number of rotatable bonds is 1. The molecule has 0 saturated carbocycles. The maximum absolute atomic E-state index is 13.1. The Labute approximate surface area is 114 Å². The topological polar surface area (TPSA) is 20.2 Å². The van der Waals surface area contributed by atoms with Crippen LogP contribution >= 0.6 is 0 Å². The average molecular weight is 278 g/mol. The summed E-state index contributed by atoms with van der Waals surface area (Å²) in [5.41, 5.74) is -0.450. The van der Waals surface area contributed by atoms with E-state index < -0.39 is 17.3 Å². The number of hydrogen-bond acceptors (Lipinski definition) is 1. The van der Waals surface area contributed by atoms with E-state index in [4.69, 9.17) is 0 Å². The molecule has 0 unspecified atom stereocenters. The van der Waals surface area contributed by atoms with Crippen LogP contribution in [-0.2, 0) is 24.6 Å². The molecule has 20 heavy (non-hydrogen) atoms. The second-order valence-electron chi connectivity index (χ2n) is 5.20. The molecule has 104 valence electrons. The van der Waals surface area contributed by atoms with Gasteiger partial charge in [-0.1, -0.05) is 42.5 Å². The summed E-state index contributed by atoms with van der Waals surface area (Å²) in [7, 11) is 0. The number of benzene rings is 2. The standard InChI is InChI=1S/C16H13F3O/c17-16(18,19)14-8-4-3-7-13(14)15(20)9-11-5-1-2-6-12(11)10-15/h1-8,20H,9-10H2. The lowest BCUT2D eigenvalue weighted by Crippen LogP contribution is -2.29. The van der Waals surface area contributed by atoms with Gasteiger partial charge in [0.2, 0.25) is 0 Å². The first-order valence-electron chi connectivity index (χ1n) is 6.36. The number of alkyl halides is 3. The number of fused-ring (bicyclic) bond motifs is 1. The molecule has 3 rings (SSSR count). The Hall–Kier alpha value is -1.81. The summed E-state index contributed by atoms with van der Waals surface area (Å²) in [6.07, 6.45) is -4.02. The summed E-state index contributed by atoms with van der Waals surface area (Å²) < 4.78 is 39.3. The van der Waals surface area contributed by atoms with Gasteiger partial charge in [-0.3, -0.25) is 0 Å². The zero-order chi connectivity index (χ0) is 14.4. The predicted molar refractivity (Wildman–Crippen MR) is 69.2 cm³/mol. The summed E-state index contributed by atoms with van der Waals surface area (Å²) in [6, 6.07) is 12.6. The maximum Gasteiger partial charge on any atom is 0.416 e. The first-order chi connectivity index (χ1) is 9.40. The molecule has 2 aromatic carbocycles. The van der Waals surface area contributed by atoms with Crippen LogP contribution in [0.5, 0.6) is 0 Å². The summed E-state index contributed by atoms with van der Waals surface area (Å²) in [5.74, 6) is 0. The largest absolute Gasteiger partial charge is 0.416 e. The summed E-state index contributed by atoms with van der Waals surface area (Å²) >= 11 is 0. The first-order valence-corrected chi connectivity index (χ1v) is 6.36. The highest BCUT2D eigenvalue weighted by Gasteiger charge is 2.43. The molecule has 0 aromatic heterocycles. The van der Waals surface area contributed by atoms with Crippen LogP contribution < -0.4 is 0 Å². The molecule has 1 nitrogen and oxygen atoms in total. The average Bonchev–Trinajstić information content (AvgIpc) is 2.75. The molecule has 0 fully saturated rings. The molecule has 0 radical (unpaired) electrons. The van der Waals surface area contributed by atoms with E-state index in [9.17, 15) is 18.3 Å². The molecule has 0 amide bonds. The van der Waals surface area contributed by atoms with Gasteiger partial charge in [-0.25, -0.2) is 0 Å². The second kappa shape index (κ2) is 4.35. The fourth-order valence-corrected chi connectivity index (χ4v) is 2.92. The SMILES string of the molecule is OC1(c2ccccc2C(F)(F)F)Cc2ccccc2C1. The van der Waals surface area contributed by atoms with Gasteiger partial charge < -0.3 is 5.11 Å². The van der Waals surface area contributed by atoms with E-state index in [0.717, 1.165) is 17.2 Å². The molecule has 0 bridgehead atoms. The van der Waals surface area contributed by atoms with E-state index in [1.807, 2.05) is 24.3 Å². The van der Waals surface area contributed by atoms with Crippen LogP contribution in [0.4, 0.5) is 13.2 Å². The predicted octanol–water partition coefficient (Wildman–Crippen LogP) is 3.69. The van der Waals surface area contributed by atoms with Crippen molar-refractivity contribution in [2.75, 3.05) is 0 Å². The molecular weight excluding hydrogens is 265 g/mol. The molecular formula is C16H13F3O. The van der Waals surface area contributed by atoms with Crippen LogP contribution in [0.25, 0.3) is 0 Å². The zero-order valence-electron chi connectivity index (χ0n) is 10.6. The Kier molecular flexibility index (Phi) is 2.87. The van der Waals surface area contributed by atoms with Crippen molar-refractivity contribution in [3.63, 3.8) is 0 Å². The highest BCUT2D eigenvalue weighted by Crippen LogP contribution is 2.43. The van der Waals surface area contributed by atoms with Crippen molar-refractivity contribution in [2.24, 2.45) is 0 Å². The molecule has 0 spiro atoms. The van der Waals surface area contributed by atoms with Crippen LogP contribution in [-0.4, -0.2) is 5.11 Å². The number of aliphatic hydroxyl groups is 1. The minimum Gasteiger partial charge on any atom is -0.384 e. The molecule has 0 heterocycles. The van der Waals surface area contributed by atoms with Crippen LogP contribution in [0.2, 0.25) is 0 Å². The second-order valence-corrected chi connectivity index (χ2v) is 5.20. The van der Waals surface area contributed by atoms with Crippen molar-refractivity contribution in [1.82, 2.24) is 0 Å². The Morgan fingerprint density at radius 3 is 1.90 bits per heavy atom. The van der Waals surface area contributed by atoms with Crippen LogP contribution in [0.3, 0.4) is 0 Å². The van der Waals surface area contributed by atoms with E-state index in [-0.39, 0.29) is 18.4 Å². The Bertz CT molecular complexity index is 621. The van der Waals surface area contributed by atoms with Gasteiger partial charge in [0.05, 0.1) is 11.2 Å². The Morgan fingerprint density at radius 1 is 0.850 bits per heavy atom. The van der Waals surface area contributed by atoms with Gasteiger partial charge in [-0.15, -0.1) is 0 Å². The molecule has 1 aliphatic rings. The lowest BCUT2D eigenvalue weighted by molar-refractivity contribution is -0.140. The Balaban J connectivity index is 2.08. The maximum atomic E-state index is 13.1. The molecule has 1 N–H and O–H groups in total.